The maximum atomic E-state index is 13.1. The van der Waals surface area contributed by atoms with Gasteiger partial charge in [0.15, 0.2) is 5.60 Å². The second kappa shape index (κ2) is 7.30. The third-order valence-electron chi connectivity index (χ3n) is 5.91. The predicted octanol–water partition coefficient (Wildman–Crippen LogP) is 3.30. The van der Waals surface area contributed by atoms with Gasteiger partial charge in [-0.1, -0.05) is 66.7 Å². The van der Waals surface area contributed by atoms with Crippen LogP contribution in [0.15, 0.2) is 85.1 Å². The zero-order valence-electron chi connectivity index (χ0n) is 16.3. The molecule has 0 radical (unpaired) electrons. The Morgan fingerprint density at radius 2 is 1.53 bits per heavy atom. The van der Waals surface area contributed by atoms with Gasteiger partial charge in [0.1, 0.15) is 11.7 Å². The van der Waals surface area contributed by atoms with Crippen LogP contribution in [-0.4, -0.2) is 52.5 Å². The van der Waals surface area contributed by atoms with Gasteiger partial charge in [-0.15, -0.1) is 0 Å². The van der Waals surface area contributed by atoms with Crippen LogP contribution in [0.1, 0.15) is 21.6 Å². The maximum Gasteiger partial charge on any atom is 0.411 e. The molecule has 1 aromatic heterocycles. The Morgan fingerprint density at radius 3 is 2.13 bits per heavy atom. The molecule has 150 valence electrons. The number of hydrogen-bond donors (Lipinski definition) is 0. The Hall–Kier alpha value is -3.67. The van der Waals surface area contributed by atoms with Crippen molar-refractivity contribution in [2.45, 2.75) is 11.6 Å². The van der Waals surface area contributed by atoms with Crippen molar-refractivity contribution >= 4 is 12.0 Å². The van der Waals surface area contributed by atoms with Crippen LogP contribution in [0.3, 0.4) is 0 Å². The van der Waals surface area contributed by atoms with E-state index in [1.807, 2.05) is 60.7 Å². The zero-order valence-corrected chi connectivity index (χ0v) is 16.3. The Bertz CT molecular complexity index is 1020. The van der Waals surface area contributed by atoms with Gasteiger partial charge in [-0.2, -0.15) is 0 Å². The fourth-order valence-corrected chi connectivity index (χ4v) is 4.49. The van der Waals surface area contributed by atoms with Crippen molar-refractivity contribution in [2.24, 2.45) is 0 Å². The molecule has 30 heavy (non-hydrogen) atoms. The molecule has 2 fully saturated rings. The Labute approximate surface area is 174 Å². The molecule has 2 amide bonds. The first-order valence-corrected chi connectivity index (χ1v) is 10.0. The Kier molecular flexibility index (Phi) is 4.47. The largest absolute Gasteiger partial charge is 0.431 e. The summed E-state index contributed by atoms with van der Waals surface area (Å²) in [4.78, 5) is 33.7. The number of piperazine rings is 1. The molecule has 5 rings (SSSR count). The molecule has 3 aromatic rings. The number of carbonyl (C=O) groups excluding carboxylic acids is 2. The number of cyclic esters (lactones) is 1. The van der Waals surface area contributed by atoms with Gasteiger partial charge in [0.25, 0.3) is 5.91 Å². The lowest BCUT2D eigenvalue weighted by atomic mass is 9.79. The summed E-state index contributed by atoms with van der Waals surface area (Å²) in [7, 11) is 0. The lowest BCUT2D eigenvalue weighted by molar-refractivity contribution is 0.0369. The Balaban J connectivity index is 1.58. The van der Waals surface area contributed by atoms with E-state index >= 15 is 0 Å². The third kappa shape index (κ3) is 2.84. The van der Waals surface area contributed by atoms with E-state index in [0.717, 1.165) is 11.1 Å². The van der Waals surface area contributed by atoms with Gasteiger partial charge in [-0.3, -0.25) is 14.7 Å². The van der Waals surface area contributed by atoms with Crippen LogP contribution in [0.5, 0.6) is 0 Å². The van der Waals surface area contributed by atoms with Crippen molar-refractivity contribution in [1.82, 2.24) is 14.8 Å². The van der Waals surface area contributed by atoms with Crippen molar-refractivity contribution < 1.29 is 14.3 Å². The van der Waals surface area contributed by atoms with Crippen molar-refractivity contribution in [3.8, 4) is 0 Å². The lowest BCUT2D eigenvalue weighted by Crippen LogP contribution is -2.58. The van der Waals surface area contributed by atoms with E-state index < -0.39 is 5.60 Å². The number of pyridine rings is 1. The molecule has 1 atom stereocenters. The monoisotopic (exact) mass is 399 g/mol. The quantitative estimate of drug-likeness (QED) is 0.678. The SMILES string of the molecule is O=C(c1ccccn1)N1CCN2C(=O)OC(c3ccccc3)(c3ccccc3)C2C1. The first-order valence-electron chi connectivity index (χ1n) is 10.0. The molecule has 6 nitrogen and oxygen atoms in total. The molecule has 2 aliphatic rings. The van der Waals surface area contributed by atoms with Gasteiger partial charge in [0.05, 0.1) is 0 Å². The van der Waals surface area contributed by atoms with Gasteiger partial charge in [-0.25, -0.2) is 4.79 Å². The Morgan fingerprint density at radius 1 is 0.900 bits per heavy atom. The van der Waals surface area contributed by atoms with Crippen LogP contribution in [0, 0.1) is 0 Å². The molecule has 0 N–H and O–H groups in total. The number of carbonyl (C=O) groups is 2. The standard InChI is InChI=1S/C24H21N3O3/c28-22(20-13-7-8-14-25-20)26-15-16-27-21(17-26)24(30-23(27)29,18-9-3-1-4-10-18)19-11-5-2-6-12-19/h1-14,21H,15-17H2. The zero-order chi connectivity index (χ0) is 20.6. The number of benzene rings is 2. The molecule has 0 spiro atoms. The minimum Gasteiger partial charge on any atom is -0.431 e. The fraction of sp³-hybridized carbons (Fsp3) is 0.208. The van der Waals surface area contributed by atoms with E-state index in [1.165, 1.54) is 0 Å². The highest BCUT2D eigenvalue weighted by Gasteiger charge is 2.58. The van der Waals surface area contributed by atoms with Crippen molar-refractivity contribution in [1.29, 1.82) is 0 Å². The minimum atomic E-state index is -0.983. The number of hydrogen-bond acceptors (Lipinski definition) is 4. The fourth-order valence-electron chi connectivity index (χ4n) is 4.49. The normalized spacial score (nSPS) is 19.9. The molecular formula is C24H21N3O3. The summed E-state index contributed by atoms with van der Waals surface area (Å²) in [6.07, 6.45) is 1.27. The maximum absolute atomic E-state index is 13.1. The number of aromatic nitrogens is 1. The molecule has 2 saturated heterocycles. The van der Waals surface area contributed by atoms with Crippen LogP contribution in [0.2, 0.25) is 0 Å². The van der Waals surface area contributed by atoms with Crippen molar-refractivity contribution in [2.75, 3.05) is 19.6 Å². The van der Waals surface area contributed by atoms with Gasteiger partial charge in [0, 0.05) is 37.0 Å². The van der Waals surface area contributed by atoms with Gasteiger partial charge in [0.2, 0.25) is 0 Å². The van der Waals surface area contributed by atoms with Crippen LogP contribution >= 0.6 is 0 Å². The molecule has 0 saturated carbocycles. The molecule has 2 aromatic carbocycles. The van der Waals surface area contributed by atoms with E-state index in [4.69, 9.17) is 4.74 Å². The molecule has 6 heteroatoms. The summed E-state index contributed by atoms with van der Waals surface area (Å²) in [5.74, 6) is -0.135. The summed E-state index contributed by atoms with van der Waals surface area (Å²) < 4.78 is 6.14. The minimum absolute atomic E-state index is 0.135. The van der Waals surface area contributed by atoms with E-state index in [-0.39, 0.29) is 18.0 Å². The molecule has 2 aliphatic heterocycles. The summed E-state index contributed by atoms with van der Waals surface area (Å²) in [5.41, 5.74) is 1.21. The summed E-state index contributed by atoms with van der Waals surface area (Å²) in [5, 5.41) is 0. The van der Waals surface area contributed by atoms with Gasteiger partial charge >= 0.3 is 6.09 Å². The number of amides is 2. The topological polar surface area (TPSA) is 62.7 Å². The number of ether oxygens (including phenoxy) is 1. The van der Waals surface area contributed by atoms with Crippen LogP contribution in [0.4, 0.5) is 4.79 Å². The van der Waals surface area contributed by atoms with Crippen molar-refractivity contribution in [3.05, 3.63) is 102 Å². The van der Waals surface area contributed by atoms with Crippen LogP contribution in [-0.2, 0) is 10.3 Å². The number of nitrogens with zero attached hydrogens (tertiary/aromatic N) is 3. The van der Waals surface area contributed by atoms with Crippen LogP contribution < -0.4 is 0 Å². The lowest BCUT2D eigenvalue weighted by Gasteiger charge is -2.42. The smallest absolute Gasteiger partial charge is 0.411 e. The number of fused-ring (bicyclic) bond motifs is 1. The second-order valence-corrected chi connectivity index (χ2v) is 7.51. The van der Waals surface area contributed by atoms with Gasteiger partial charge < -0.3 is 9.64 Å². The van der Waals surface area contributed by atoms with E-state index in [9.17, 15) is 9.59 Å². The van der Waals surface area contributed by atoms with Crippen LogP contribution in [0.25, 0.3) is 0 Å². The highest BCUT2D eigenvalue weighted by atomic mass is 16.6. The first-order chi connectivity index (χ1) is 14.7. The van der Waals surface area contributed by atoms with Crippen molar-refractivity contribution in [3.63, 3.8) is 0 Å². The van der Waals surface area contributed by atoms with E-state index in [0.29, 0.717) is 25.3 Å². The van der Waals surface area contributed by atoms with E-state index in [1.54, 1.807) is 34.2 Å². The molecule has 3 heterocycles. The highest BCUT2D eigenvalue weighted by molar-refractivity contribution is 5.92. The molecular weight excluding hydrogens is 378 g/mol. The first kappa shape index (κ1) is 18.4. The average Bonchev–Trinajstić information content (AvgIpc) is 3.13. The highest BCUT2D eigenvalue weighted by Crippen LogP contribution is 2.45. The average molecular weight is 399 g/mol. The molecule has 0 aliphatic carbocycles. The summed E-state index contributed by atoms with van der Waals surface area (Å²) in [6, 6.07) is 24.5. The predicted molar refractivity (Wildman–Crippen MR) is 111 cm³/mol. The number of rotatable bonds is 3. The third-order valence-corrected chi connectivity index (χ3v) is 5.91. The van der Waals surface area contributed by atoms with E-state index in [2.05, 4.69) is 4.98 Å². The van der Waals surface area contributed by atoms with Gasteiger partial charge in [-0.05, 0) is 12.1 Å². The molecule has 0 bridgehead atoms. The second-order valence-electron chi connectivity index (χ2n) is 7.51. The molecule has 1 unspecified atom stereocenters. The summed E-state index contributed by atoms with van der Waals surface area (Å²) in [6.45, 7) is 1.23. The summed E-state index contributed by atoms with van der Waals surface area (Å²) >= 11 is 0.